The van der Waals surface area contributed by atoms with Crippen LogP contribution in [-0.2, 0) is 4.79 Å². The summed E-state index contributed by atoms with van der Waals surface area (Å²) in [5.41, 5.74) is 6.42. The minimum atomic E-state index is -1.20. The summed E-state index contributed by atoms with van der Waals surface area (Å²) in [6.07, 6.45) is 0. The van der Waals surface area contributed by atoms with Gasteiger partial charge in [-0.1, -0.05) is 24.3 Å². The van der Waals surface area contributed by atoms with Crippen LogP contribution < -0.4 is 10.5 Å². The first-order chi connectivity index (χ1) is 10.4. The van der Waals surface area contributed by atoms with Crippen molar-refractivity contribution in [3.8, 4) is 16.9 Å². The van der Waals surface area contributed by atoms with Crippen molar-refractivity contribution in [2.24, 2.45) is 5.73 Å². The molecule has 0 aliphatic heterocycles. The topological polar surface area (TPSA) is 107 Å². The van der Waals surface area contributed by atoms with E-state index in [9.17, 15) is 19.5 Å². The molecule has 0 spiro atoms. The maximum absolute atomic E-state index is 11.3. The lowest BCUT2D eigenvalue weighted by Crippen LogP contribution is -2.10. The van der Waals surface area contributed by atoms with Crippen molar-refractivity contribution < 1.29 is 24.2 Å². The summed E-state index contributed by atoms with van der Waals surface area (Å²) in [4.78, 5) is 33.6. The number of nitrogens with two attached hydrogens (primary N) is 1. The van der Waals surface area contributed by atoms with E-state index in [2.05, 4.69) is 0 Å². The Hall–Kier alpha value is -3.15. The molecule has 1 amide bonds. The lowest BCUT2D eigenvalue weighted by molar-refractivity contribution is -0.131. The Morgan fingerprint density at radius 2 is 1.68 bits per heavy atom. The van der Waals surface area contributed by atoms with E-state index in [0.29, 0.717) is 16.7 Å². The number of hydrogen-bond acceptors (Lipinski definition) is 4. The lowest BCUT2D eigenvalue weighted by atomic mass is 10.00. The molecule has 22 heavy (non-hydrogen) atoms. The molecule has 0 aliphatic carbocycles. The molecule has 2 rings (SSSR count). The zero-order valence-electron chi connectivity index (χ0n) is 11.7. The minimum Gasteiger partial charge on any atom is -0.478 e. The molecule has 112 valence electrons. The summed E-state index contributed by atoms with van der Waals surface area (Å²) in [6.45, 7) is 1.19. The summed E-state index contributed by atoms with van der Waals surface area (Å²) in [5, 5.41) is 9.21. The van der Waals surface area contributed by atoms with E-state index >= 15 is 0 Å². The molecule has 0 atom stereocenters. The van der Waals surface area contributed by atoms with E-state index in [1.165, 1.54) is 25.1 Å². The third-order valence-electron chi connectivity index (χ3n) is 2.97. The highest BCUT2D eigenvalue weighted by Crippen LogP contribution is 2.33. The number of benzene rings is 2. The molecule has 0 saturated carbocycles. The number of carbonyl (C=O) groups excluding carboxylic acids is 2. The molecule has 2 aromatic carbocycles. The fourth-order valence-corrected chi connectivity index (χ4v) is 2.00. The van der Waals surface area contributed by atoms with Crippen molar-refractivity contribution in [1.82, 2.24) is 0 Å². The molecule has 0 aliphatic rings. The molecular weight excluding hydrogens is 286 g/mol. The largest absolute Gasteiger partial charge is 0.478 e. The Morgan fingerprint density at radius 1 is 1.05 bits per heavy atom. The zero-order valence-corrected chi connectivity index (χ0v) is 11.7. The molecule has 0 saturated heterocycles. The van der Waals surface area contributed by atoms with Gasteiger partial charge in [0.1, 0.15) is 5.56 Å². The fourth-order valence-electron chi connectivity index (χ4n) is 2.00. The Balaban J connectivity index is 2.58. The summed E-state index contributed by atoms with van der Waals surface area (Å²) >= 11 is 0. The lowest BCUT2D eigenvalue weighted by Gasteiger charge is -2.12. The third-order valence-corrected chi connectivity index (χ3v) is 2.97. The number of carboxylic acids is 1. The van der Waals surface area contributed by atoms with Crippen LogP contribution in [0.2, 0.25) is 0 Å². The number of amides is 1. The van der Waals surface area contributed by atoms with E-state index in [4.69, 9.17) is 10.5 Å². The maximum Gasteiger partial charge on any atom is 0.339 e. The number of aromatic carboxylic acids is 1. The van der Waals surface area contributed by atoms with Gasteiger partial charge in [-0.2, -0.15) is 0 Å². The predicted molar refractivity (Wildman–Crippen MR) is 78.7 cm³/mol. The predicted octanol–water partition coefficient (Wildman–Crippen LogP) is 2.08. The first-order valence-corrected chi connectivity index (χ1v) is 6.35. The number of hydrogen-bond donors (Lipinski definition) is 2. The summed E-state index contributed by atoms with van der Waals surface area (Å²) in [6, 6.07) is 10.8. The SMILES string of the molecule is CC(=O)Oc1c(C(=O)O)cccc1-c1ccc(C(N)=O)cc1. The van der Waals surface area contributed by atoms with E-state index in [0.717, 1.165) is 0 Å². The van der Waals surface area contributed by atoms with Crippen LogP contribution in [0.3, 0.4) is 0 Å². The second kappa shape index (κ2) is 6.09. The second-order valence-electron chi connectivity index (χ2n) is 4.52. The van der Waals surface area contributed by atoms with Gasteiger partial charge in [0, 0.05) is 18.1 Å². The Morgan fingerprint density at radius 3 is 2.18 bits per heavy atom. The van der Waals surface area contributed by atoms with Crippen molar-refractivity contribution in [3.05, 3.63) is 53.6 Å². The zero-order chi connectivity index (χ0) is 16.3. The van der Waals surface area contributed by atoms with Gasteiger partial charge in [-0.3, -0.25) is 9.59 Å². The molecule has 6 heteroatoms. The Bertz CT molecular complexity index is 750. The molecule has 3 N–H and O–H groups in total. The van der Waals surface area contributed by atoms with Crippen molar-refractivity contribution >= 4 is 17.8 Å². The van der Waals surface area contributed by atoms with Crippen molar-refractivity contribution in [2.45, 2.75) is 6.92 Å². The van der Waals surface area contributed by atoms with Crippen molar-refractivity contribution in [3.63, 3.8) is 0 Å². The van der Waals surface area contributed by atoms with Crippen LogP contribution >= 0.6 is 0 Å². The average Bonchev–Trinajstić information content (AvgIpc) is 2.46. The molecule has 6 nitrogen and oxygen atoms in total. The molecule has 0 aromatic heterocycles. The van der Waals surface area contributed by atoms with Gasteiger partial charge in [0.05, 0.1) is 0 Å². The van der Waals surface area contributed by atoms with Gasteiger partial charge >= 0.3 is 11.9 Å². The molecule has 0 unspecified atom stereocenters. The van der Waals surface area contributed by atoms with Crippen LogP contribution in [0.4, 0.5) is 0 Å². The van der Waals surface area contributed by atoms with Gasteiger partial charge in [0.2, 0.25) is 5.91 Å². The number of rotatable bonds is 4. The highest BCUT2D eigenvalue weighted by molar-refractivity contribution is 5.96. The first-order valence-electron chi connectivity index (χ1n) is 6.35. The highest BCUT2D eigenvalue weighted by Gasteiger charge is 2.18. The number of carboxylic acid groups (broad SMARTS) is 1. The van der Waals surface area contributed by atoms with Crippen LogP contribution in [0.15, 0.2) is 42.5 Å². The van der Waals surface area contributed by atoms with Gasteiger partial charge in [-0.05, 0) is 23.8 Å². The van der Waals surface area contributed by atoms with Gasteiger partial charge in [0.25, 0.3) is 0 Å². The van der Waals surface area contributed by atoms with Crippen LogP contribution in [0, 0.1) is 0 Å². The van der Waals surface area contributed by atoms with Crippen LogP contribution in [-0.4, -0.2) is 23.0 Å². The smallest absolute Gasteiger partial charge is 0.339 e. The second-order valence-corrected chi connectivity index (χ2v) is 4.52. The molecule has 0 fully saturated rings. The number of esters is 1. The Labute approximate surface area is 126 Å². The molecule has 2 aromatic rings. The molecule has 0 heterocycles. The normalized spacial score (nSPS) is 10.0. The standard InChI is InChI=1S/C16H13NO5/c1-9(18)22-14-12(3-2-4-13(14)16(20)21)10-5-7-11(8-6-10)15(17)19/h2-8H,1H3,(H2,17,19)(H,20,21). The Kier molecular flexibility index (Phi) is 4.22. The van der Waals surface area contributed by atoms with Crippen molar-refractivity contribution in [2.75, 3.05) is 0 Å². The van der Waals surface area contributed by atoms with Gasteiger partial charge in [-0.15, -0.1) is 0 Å². The third kappa shape index (κ3) is 3.12. The summed E-state index contributed by atoms with van der Waals surface area (Å²) in [7, 11) is 0. The number of carbonyl (C=O) groups is 3. The minimum absolute atomic E-state index is 0.0330. The van der Waals surface area contributed by atoms with Crippen LogP contribution in [0.1, 0.15) is 27.6 Å². The fraction of sp³-hybridized carbons (Fsp3) is 0.0625. The van der Waals surface area contributed by atoms with Gasteiger partial charge in [-0.25, -0.2) is 4.79 Å². The summed E-state index contributed by atoms with van der Waals surface area (Å²) in [5.74, 6) is -2.42. The monoisotopic (exact) mass is 299 g/mol. The molecule has 0 bridgehead atoms. The number of ether oxygens (including phenoxy) is 1. The quantitative estimate of drug-likeness (QED) is 0.664. The van der Waals surface area contributed by atoms with E-state index < -0.39 is 17.8 Å². The van der Waals surface area contributed by atoms with E-state index in [1.807, 2.05) is 0 Å². The van der Waals surface area contributed by atoms with Crippen LogP contribution in [0.5, 0.6) is 5.75 Å². The van der Waals surface area contributed by atoms with E-state index in [1.54, 1.807) is 24.3 Å². The van der Waals surface area contributed by atoms with E-state index in [-0.39, 0.29) is 11.3 Å². The highest BCUT2D eigenvalue weighted by atomic mass is 16.5. The number of para-hydroxylation sites is 1. The summed E-state index contributed by atoms with van der Waals surface area (Å²) < 4.78 is 5.06. The molecular formula is C16H13NO5. The van der Waals surface area contributed by atoms with Gasteiger partial charge in [0.15, 0.2) is 5.75 Å². The van der Waals surface area contributed by atoms with Gasteiger partial charge < -0.3 is 15.6 Å². The van der Waals surface area contributed by atoms with Crippen LogP contribution in [0.25, 0.3) is 11.1 Å². The average molecular weight is 299 g/mol. The molecule has 0 radical (unpaired) electrons. The number of primary amides is 1. The maximum atomic E-state index is 11.3. The first kappa shape index (κ1) is 15.2. The van der Waals surface area contributed by atoms with Crippen molar-refractivity contribution in [1.29, 1.82) is 0 Å².